The summed E-state index contributed by atoms with van der Waals surface area (Å²) in [7, 11) is 0. The van der Waals surface area contributed by atoms with E-state index in [1.54, 1.807) is 12.1 Å². The predicted octanol–water partition coefficient (Wildman–Crippen LogP) is 5.12. The number of hydrogen-bond acceptors (Lipinski definition) is 2. The molecule has 4 aliphatic carbocycles. The Bertz CT molecular complexity index is 930. The van der Waals surface area contributed by atoms with E-state index in [4.69, 9.17) is 0 Å². The predicted molar refractivity (Wildman–Crippen MR) is 122 cm³/mol. The zero-order valence-electron chi connectivity index (χ0n) is 18.0. The normalized spacial score (nSPS) is 29.3. The first-order valence-electron chi connectivity index (χ1n) is 11.6. The Morgan fingerprint density at radius 3 is 2.23 bits per heavy atom. The minimum Gasteiger partial charge on any atom is -0.335 e. The van der Waals surface area contributed by atoms with Gasteiger partial charge in [-0.15, -0.1) is 0 Å². The van der Waals surface area contributed by atoms with Gasteiger partial charge in [-0.05, 0) is 92.5 Å². The maximum atomic E-state index is 12.8. The lowest BCUT2D eigenvalue weighted by atomic mass is 9.54. The van der Waals surface area contributed by atoms with Gasteiger partial charge in [-0.2, -0.15) is 0 Å². The number of benzene rings is 2. The Morgan fingerprint density at radius 2 is 1.55 bits per heavy atom. The molecule has 0 aromatic heterocycles. The molecule has 4 aliphatic rings. The monoisotopic (exact) mass is 417 g/mol. The molecular formula is C26H31N3O2. The quantitative estimate of drug-likeness (QED) is 0.632. The highest BCUT2D eigenvalue weighted by atomic mass is 16.2. The average Bonchev–Trinajstić information content (AvgIpc) is 2.76. The molecule has 2 aromatic rings. The third kappa shape index (κ3) is 4.32. The summed E-state index contributed by atoms with van der Waals surface area (Å²) < 4.78 is 0. The fourth-order valence-corrected chi connectivity index (χ4v) is 6.31. The molecule has 6 rings (SSSR count). The van der Waals surface area contributed by atoms with Crippen LogP contribution in [-0.4, -0.2) is 18.0 Å². The summed E-state index contributed by atoms with van der Waals surface area (Å²) in [6, 6.07) is 16.9. The van der Waals surface area contributed by atoms with Gasteiger partial charge < -0.3 is 16.0 Å². The lowest BCUT2D eigenvalue weighted by molar-refractivity contribution is -0.00950. The molecule has 2 aromatic carbocycles. The first kappa shape index (κ1) is 20.1. The molecule has 4 saturated carbocycles. The standard InChI is InChI=1S/C26H31N3O2/c1-16(20-8-5-9-23(15-20)28-25(30)19-6-3-2-4-7-19)27-26(31)29-24-21-11-17-10-18(13-21)14-22(24)12-17/h2-9,15-18,21-22,24H,10-14H2,1H3,(H,28,30)(H2,27,29,31). The van der Waals surface area contributed by atoms with Gasteiger partial charge in [0.1, 0.15) is 0 Å². The van der Waals surface area contributed by atoms with Crippen molar-refractivity contribution >= 4 is 17.6 Å². The highest BCUT2D eigenvalue weighted by Gasteiger charge is 2.48. The highest BCUT2D eigenvalue weighted by Crippen LogP contribution is 2.53. The zero-order valence-corrected chi connectivity index (χ0v) is 18.0. The Balaban J connectivity index is 1.19. The summed E-state index contributed by atoms with van der Waals surface area (Å²) in [6.07, 6.45) is 6.57. The van der Waals surface area contributed by atoms with E-state index in [1.165, 1.54) is 32.1 Å². The van der Waals surface area contributed by atoms with Crippen LogP contribution in [0.15, 0.2) is 54.6 Å². The molecule has 3 amide bonds. The Hall–Kier alpha value is -2.82. The van der Waals surface area contributed by atoms with Crippen molar-refractivity contribution in [2.45, 2.75) is 51.1 Å². The fourth-order valence-electron chi connectivity index (χ4n) is 6.31. The molecule has 0 spiro atoms. The first-order valence-corrected chi connectivity index (χ1v) is 11.6. The molecule has 3 N–H and O–H groups in total. The molecule has 0 aliphatic heterocycles. The lowest BCUT2D eigenvalue weighted by Crippen LogP contribution is -2.57. The Kier molecular flexibility index (Phi) is 5.43. The van der Waals surface area contributed by atoms with Crippen molar-refractivity contribution in [1.29, 1.82) is 0 Å². The molecule has 5 heteroatoms. The minimum atomic E-state index is -0.148. The van der Waals surface area contributed by atoms with Crippen LogP contribution in [0, 0.1) is 23.7 Å². The summed E-state index contributed by atoms with van der Waals surface area (Å²) in [5.74, 6) is 2.98. The largest absolute Gasteiger partial charge is 0.335 e. The number of anilines is 1. The van der Waals surface area contributed by atoms with Crippen molar-refractivity contribution < 1.29 is 9.59 Å². The highest BCUT2D eigenvalue weighted by molar-refractivity contribution is 6.04. The van der Waals surface area contributed by atoms with E-state index in [-0.39, 0.29) is 18.0 Å². The van der Waals surface area contributed by atoms with Crippen molar-refractivity contribution in [3.05, 3.63) is 65.7 Å². The average molecular weight is 418 g/mol. The topological polar surface area (TPSA) is 70.2 Å². The summed E-state index contributed by atoms with van der Waals surface area (Å²) in [4.78, 5) is 25.2. The number of nitrogens with one attached hydrogen (secondary N) is 3. The van der Waals surface area contributed by atoms with Crippen molar-refractivity contribution in [3.63, 3.8) is 0 Å². The summed E-state index contributed by atoms with van der Waals surface area (Å²) in [5, 5.41) is 9.36. The second-order valence-corrected chi connectivity index (χ2v) is 9.74. The van der Waals surface area contributed by atoms with Crippen molar-refractivity contribution in [2.24, 2.45) is 23.7 Å². The number of carbonyl (C=O) groups is 2. The van der Waals surface area contributed by atoms with E-state index in [1.807, 2.05) is 49.4 Å². The van der Waals surface area contributed by atoms with Crippen LogP contribution >= 0.6 is 0 Å². The van der Waals surface area contributed by atoms with Crippen LogP contribution in [0.25, 0.3) is 0 Å². The second kappa shape index (κ2) is 8.37. The van der Waals surface area contributed by atoms with Crippen LogP contribution in [0.3, 0.4) is 0 Å². The van der Waals surface area contributed by atoms with E-state index < -0.39 is 0 Å². The van der Waals surface area contributed by atoms with Crippen LogP contribution < -0.4 is 16.0 Å². The first-order chi connectivity index (χ1) is 15.0. The maximum Gasteiger partial charge on any atom is 0.315 e. The minimum absolute atomic E-state index is 0.0799. The number of rotatable bonds is 5. The molecule has 1 atom stereocenters. The molecule has 0 saturated heterocycles. The second-order valence-electron chi connectivity index (χ2n) is 9.74. The number of urea groups is 1. The summed E-state index contributed by atoms with van der Waals surface area (Å²) in [5.41, 5.74) is 2.31. The van der Waals surface area contributed by atoms with Crippen molar-refractivity contribution in [2.75, 3.05) is 5.32 Å². The van der Waals surface area contributed by atoms with Gasteiger partial charge in [-0.1, -0.05) is 30.3 Å². The lowest BCUT2D eigenvalue weighted by Gasteiger charge is -2.54. The van der Waals surface area contributed by atoms with Crippen LogP contribution in [0.4, 0.5) is 10.5 Å². The number of carbonyl (C=O) groups excluding carboxylic acids is 2. The summed E-state index contributed by atoms with van der Waals surface area (Å²) >= 11 is 0. The van der Waals surface area contributed by atoms with Crippen LogP contribution in [0.5, 0.6) is 0 Å². The van der Waals surface area contributed by atoms with Gasteiger partial charge in [0.05, 0.1) is 6.04 Å². The number of hydrogen-bond donors (Lipinski definition) is 3. The van der Waals surface area contributed by atoms with Crippen molar-refractivity contribution in [1.82, 2.24) is 10.6 Å². The van der Waals surface area contributed by atoms with Gasteiger partial charge in [0.15, 0.2) is 0 Å². The van der Waals surface area contributed by atoms with Gasteiger partial charge >= 0.3 is 6.03 Å². The molecule has 0 radical (unpaired) electrons. The molecule has 1 unspecified atom stereocenters. The molecule has 5 nitrogen and oxygen atoms in total. The Labute approximate surface area is 184 Å². The summed E-state index contributed by atoms with van der Waals surface area (Å²) in [6.45, 7) is 1.98. The molecule has 31 heavy (non-hydrogen) atoms. The van der Waals surface area contributed by atoms with E-state index in [9.17, 15) is 9.59 Å². The van der Waals surface area contributed by atoms with Crippen LogP contribution in [-0.2, 0) is 0 Å². The molecule has 162 valence electrons. The van der Waals surface area contributed by atoms with E-state index >= 15 is 0 Å². The maximum absolute atomic E-state index is 12.8. The number of amides is 3. The van der Waals surface area contributed by atoms with Gasteiger partial charge in [0.25, 0.3) is 5.91 Å². The molecule has 4 fully saturated rings. The van der Waals surface area contributed by atoms with Gasteiger partial charge in [-0.3, -0.25) is 4.79 Å². The SMILES string of the molecule is CC(NC(=O)NC1C2CC3CC(C2)CC1C3)c1cccc(NC(=O)c2ccccc2)c1. The van der Waals surface area contributed by atoms with Gasteiger partial charge in [0, 0.05) is 17.3 Å². The third-order valence-corrected chi connectivity index (χ3v) is 7.55. The Morgan fingerprint density at radius 1 is 0.871 bits per heavy atom. The van der Waals surface area contributed by atoms with Gasteiger partial charge in [0.2, 0.25) is 0 Å². The zero-order chi connectivity index (χ0) is 21.4. The van der Waals surface area contributed by atoms with E-state index in [0.29, 0.717) is 23.4 Å². The third-order valence-electron chi connectivity index (χ3n) is 7.55. The van der Waals surface area contributed by atoms with E-state index in [2.05, 4.69) is 16.0 Å². The van der Waals surface area contributed by atoms with Crippen molar-refractivity contribution in [3.8, 4) is 0 Å². The molecule has 4 bridgehead atoms. The smallest absolute Gasteiger partial charge is 0.315 e. The molecular weight excluding hydrogens is 386 g/mol. The van der Waals surface area contributed by atoms with E-state index in [0.717, 1.165) is 23.1 Å². The molecule has 0 heterocycles. The van der Waals surface area contributed by atoms with Gasteiger partial charge in [-0.25, -0.2) is 4.79 Å². The van der Waals surface area contributed by atoms with Crippen LogP contribution in [0.2, 0.25) is 0 Å². The fraction of sp³-hybridized carbons (Fsp3) is 0.462. The van der Waals surface area contributed by atoms with Crippen LogP contribution in [0.1, 0.15) is 61.0 Å².